The molecule has 0 saturated carbocycles. The number of hydrazine groups is 1. The second-order valence-corrected chi connectivity index (χ2v) is 7.66. The number of carbonyl (C=O) groups excluding carboxylic acids is 1. The predicted molar refractivity (Wildman–Crippen MR) is 110 cm³/mol. The lowest BCUT2D eigenvalue weighted by Crippen LogP contribution is -2.30. The molecule has 0 aliphatic rings. The second-order valence-electron chi connectivity index (χ2n) is 5.60. The lowest BCUT2D eigenvalue weighted by atomic mass is 10.1. The summed E-state index contributed by atoms with van der Waals surface area (Å²) in [7, 11) is 0. The van der Waals surface area contributed by atoms with Gasteiger partial charge in [0.05, 0.1) is 16.8 Å². The van der Waals surface area contributed by atoms with Crippen LogP contribution in [0.1, 0.15) is 20.9 Å². The molecule has 26 heavy (non-hydrogen) atoms. The highest BCUT2D eigenvalue weighted by atomic mass is 32.1. The molecule has 6 heteroatoms. The van der Waals surface area contributed by atoms with Crippen molar-refractivity contribution in [1.29, 1.82) is 0 Å². The van der Waals surface area contributed by atoms with E-state index in [1.807, 2.05) is 36.4 Å². The van der Waals surface area contributed by atoms with Gasteiger partial charge in [-0.1, -0.05) is 24.3 Å². The molecular formula is C20H15N3OS2. The molecule has 3 N–H and O–H groups in total. The van der Waals surface area contributed by atoms with Crippen molar-refractivity contribution in [2.75, 3.05) is 0 Å². The van der Waals surface area contributed by atoms with Crippen LogP contribution < -0.4 is 11.3 Å². The molecule has 128 valence electrons. The van der Waals surface area contributed by atoms with Gasteiger partial charge in [0.2, 0.25) is 0 Å². The number of pyridine rings is 1. The summed E-state index contributed by atoms with van der Waals surface area (Å²) in [5, 5.41) is 2.86. The fraction of sp³-hybridized carbons (Fsp3) is 0. The Labute approximate surface area is 158 Å². The first-order valence-electron chi connectivity index (χ1n) is 7.97. The average Bonchev–Trinajstić information content (AvgIpc) is 3.36. The zero-order valence-electron chi connectivity index (χ0n) is 13.7. The van der Waals surface area contributed by atoms with Crippen molar-refractivity contribution in [1.82, 2.24) is 10.4 Å². The number of nitrogens with two attached hydrogens (primary N) is 1. The number of hydrogen-bond acceptors (Lipinski definition) is 5. The maximum atomic E-state index is 12.1. The molecule has 1 amide bonds. The Balaban J connectivity index is 1.69. The lowest BCUT2D eigenvalue weighted by molar-refractivity contribution is 0.0955. The number of para-hydroxylation sites is 1. The minimum Gasteiger partial charge on any atom is -0.290 e. The van der Waals surface area contributed by atoms with Gasteiger partial charge in [-0.25, -0.2) is 10.8 Å². The molecule has 4 rings (SSSR count). The Bertz CT molecular complexity index is 1100. The summed E-state index contributed by atoms with van der Waals surface area (Å²) in [4.78, 5) is 20.4. The summed E-state index contributed by atoms with van der Waals surface area (Å²) >= 11 is 3.46. The van der Waals surface area contributed by atoms with Crippen LogP contribution in [-0.2, 0) is 0 Å². The van der Waals surface area contributed by atoms with E-state index in [9.17, 15) is 4.79 Å². The van der Waals surface area contributed by atoms with Crippen LogP contribution in [0.25, 0.3) is 32.8 Å². The quantitative estimate of drug-likeness (QED) is 0.305. The molecule has 0 aliphatic heterocycles. The van der Waals surface area contributed by atoms with Crippen molar-refractivity contribution in [3.63, 3.8) is 0 Å². The Morgan fingerprint density at radius 1 is 1.04 bits per heavy atom. The summed E-state index contributed by atoms with van der Waals surface area (Å²) in [5.74, 6) is 5.00. The van der Waals surface area contributed by atoms with Crippen LogP contribution >= 0.6 is 22.7 Å². The molecule has 1 aromatic carbocycles. The van der Waals surface area contributed by atoms with E-state index in [-0.39, 0.29) is 5.91 Å². The van der Waals surface area contributed by atoms with Crippen molar-refractivity contribution in [3.05, 3.63) is 76.1 Å². The Hall–Kier alpha value is -2.80. The van der Waals surface area contributed by atoms with E-state index in [4.69, 9.17) is 5.84 Å². The zero-order chi connectivity index (χ0) is 17.9. The molecule has 0 unspecified atom stereocenters. The Morgan fingerprint density at radius 3 is 2.73 bits per heavy atom. The number of amides is 1. The van der Waals surface area contributed by atoms with Crippen molar-refractivity contribution in [3.8, 4) is 9.75 Å². The smallest absolute Gasteiger partial charge is 0.265 e. The molecule has 3 heterocycles. The molecule has 0 fully saturated rings. The van der Waals surface area contributed by atoms with Gasteiger partial charge in [-0.05, 0) is 47.9 Å². The minimum atomic E-state index is -0.325. The molecule has 4 aromatic rings. The number of hydrogen-bond donors (Lipinski definition) is 2. The van der Waals surface area contributed by atoms with Crippen LogP contribution in [0.15, 0.2) is 60.0 Å². The van der Waals surface area contributed by atoms with Gasteiger partial charge >= 0.3 is 0 Å². The van der Waals surface area contributed by atoms with Crippen LogP contribution in [0.3, 0.4) is 0 Å². The van der Waals surface area contributed by atoms with Crippen LogP contribution in [0.2, 0.25) is 0 Å². The van der Waals surface area contributed by atoms with Crippen LogP contribution in [0.5, 0.6) is 0 Å². The van der Waals surface area contributed by atoms with E-state index in [0.29, 0.717) is 11.3 Å². The third-order valence-electron chi connectivity index (χ3n) is 3.92. The van der Waals surface area contributed by atoms with E-state index >= 15 is 0 Å². The van der Waals surface area contributed by atoms with E-state index in [1.165, 1.54) is 9.75 Å². The normalized spacial score (nSPS) is 11.3. The zero-order valence-corrected chi connectivity index (χ0v) is 15.3. The van der Waals surface area contributed by atoms with Gasteiger partial charge in [0.1, 0.15) is 0 Å². The number of benzene rings is 1. The lowest BCUT2D eigenvalue weighted by Gasteiger charge is -2.06. The van der Waals surface area contributed by atoms with Gasteiger partial charge in [-0.15, -0.1) is 22.7 Å². The van der Waals surface area contributed by atoms with Crippen molar-refractivity contribution in [2.24, 2.45) is 5.84 Å². The highest BCUT2D eigenvalue weighted by Gasteiger charge is 2.11. The van der Waals surface area contributed by atoms with Gasteiger partial charge < -0.3 is 0 Å². The number of nitrogens with zero attached hydrogens (tertiary/aromatic N) is 1. The monoisotopic (exact) mass is 377 g/mol. The summed E-state index contributed by atoms with van der Waals surface area (Å²) in [5.41, 5.74) is 4.20. The first kappa shape index (κ1) is 16.7. The van der Waals surface area contributed by atoms with Gasteiger partial charge in [0, 0.05) is 20.0 Å². The fourth-order valence-corrected chi connectivity index (χ4v) is 4.45. The SMILES string of the molecule is NNC(=O)c1cc(/C=C/c2ccc(-c3cccs3)s2)nc2ccccc12. The van der Waals surface area contributed by atoms with Crippen LogP contribution in [0, 0.1) is 0 Å². The van der Waals surface area contributed by atoms with E-state index in [2.05, 4.69) is 40.1 Å². The maximum absolute atomic E-state index is 12.1. The first-order valence-corrected chi connectivity index (χ1v) is 9.67. The van der Waals surface area contributed by atoms with Crippen molar-refractivity contribution >= 4 is 51.6 Å². The Kier molecular flexibility index (Phi) is 4.62. The topological polar surface area (TPSA) is 68.0 Å². The van der Waals surface area contributed by atoms with E-state index in [0.717, 1.165) is 15.8 Å². The van der Waals surface area contributed by atoms with Gasteiger partial charge in [0.25, 0.3) is 5.91 Å². The van der Waals surface area contributed by atoms with Gasteiger partial charge in [-0.3, -0.25) is 10.2 Å². The third kappa shape index (κ3) is 3.30. The molecule has 0 aliphatic carbocycles. The number of nitrogen functional groups attached to an aromatic ring is 1. The Morgan fingerprint density at radius 2 is 1.92 bits per heavy atom. The molecular weight excluding hydrogens is 362 g/mol. The molecule has 0 radical (unpaired) electrons. The maximum Gasteiger partial charge on any atom is 0.265 e. The van der Waals surface area contributed by atoms with Crippen molar-refractivity contribution < 1.29 is 4.79 Å². The number of carbonyl (C=O) groups is 1. The fourth-order valence-electron chi connectivity index (χ4n) is 2.71. The third-order valence-corrected chi connectivity index (χ3v) is 6.04. The summed E-state index contributed by atoms with van der Waals surface area (Å²) < 4.78 is 0. The highest BCUT2D eigenvalue weighted by molar-refractivity contribution is 7.21. The van der Waals surface area contributed by atoms with Gasteiger partial charge in [0.15, 0.2) is 0 Å². The van der Waals surface area contributed by atoms with E-state index in [1.54, 1.807) is 28.7 Å². The highest BCUT2D eigenvalue weighted by Crippen LogP contribution is 2.32. The largest absolute Gasteiger partial charge is 0.290 e. The summed E-state index contributed by atoms with van der Waals surface area (Å²) in [6, 6.07) is 17.7. The molecule has 3 aromatic heterocycles. The number of nitrogens with one attached hydrogen (secondary N) is 1. The summed E-state index contributed by atoms with van der Waals surface area (Å²) in [6.07, 6.45) is 3.94. The molecule has 4 nitrogen and oxygen atoms in total. The first-order chi connectivity index (χ1) is 12.7. The number of aromatic nitrogens is 1. The molecule has 0 saturated heterocycles. The average molecular weight is 377 g/mol. The summed E-state index contributed by atoms with van der Waals surface area (Å²) in [6.45, 7) is 0. The molecule has 0 bridgehead atoms. The van der Waals surface area contributed by atoms with Gasteiger partial charge in [-0.2, -0.15) is 0 Å². The molecule has 0 spiro atoms. The minimum absolute atomic E-state index is 0.325. The second kappa shape index (κ2) is 7.21. The molecule has 0 atom stereocenters. The number of rotatable bonds is 4. The number of thiophene rings is 2. The standard InChI is InChI=1S/C20H15N3OS2/c21-23-20(24)16-12-13(22-17-5-2-1-4-15(16)17)7-8-14-9-10-19(26-14)18-6-3-11-25-18/h1-12H,21H2,(H,23,24)/b8-7+. The van der Waals surface area contributed by atoms with Crippen LogP contribution in [0.4, 0.5) is 0 Å². The predicted octanol–water partition coefficient (Wildman–Crippen LogP) is 4.80. The van der Waals surface area contributed by atoms with Crippen molar-refractivity contribution in [2.45, 2.75) is 0 Å². The van der Waals surface area contributed by atoms with E-state index < -0.39 is 0 Å². The number of fused-ring (bicyclic) bond motifs is 1. The van der Waals surface area contributed by atoms with Crippen LogP contribution in [-0.4, -0.2) is 10.9 Å².